The van der Waals surface area contributed by atoms with E-state index in [2.05, 4.69) is 0 Å². The predicted octanol–water partition coefficient (Wildman–Crippen LogP) is 0.687. The Bertz CT molecular complexity index is 586. The van der Waals surface area contributed by atoms with Crippen LogP contribution in [0.4, 0.5) is 0 Å². The van der Waals surface area contributed by atoms with Gasteiger partial charge < -0.3 is 10.0 Å². The van der Waals surface area contributed by atoms with Gasteiger partial charge in [0.05, 0.1) is 23.6 Å². The van der Waals surface area contributed by atoms with Crippen LogP contribution in [-0.4, -0.2) is 49.3 Å². The summed E-state index contributed by atoms with van der Waals surface area (Å²) in [5, 5.41) is 9.86. The van der Waals surface area contributed by atoms with Gasteiger partial charge in [0.15, 0.2) is 9.84 Å². The third kappa shape index (κ3) is 2.79. The van der Waals surface area contributed by atoms with Crippen molar-refractivity contribution in [3.8, 4) is 0 Å². The third-order valence-corrected chi connectivity index (χ3v) is 4.57. The Morgan fingerprint density at radius 2 is 1.84 bits per heavy atom. The molecule has 0 aliphatic carbocycles. The highest BCUT2D eigenvalue weighted by molar-refractivity contribution is 7.90. The summed E-state index contributed by atoms with van der Waals surface area (Å²) >= 11 is 0. The topological polar surface area (TPSA) is 74.7 Å². The minimum Gasteiger partial charge on any atom is -0.386 e. The number of hydrogen-bond donors (Lipinski definition) is 1. The normalized spacial score (nSPS) is 17.9. The number of carbonyl (C=O) groups is 1. The van der Waals surface area contributed by atoms with Crippen LogP contribution in [0.15, 0.2) is 29.2 Å². The van der Waals surface area contributed by atoms with Crippen LogP contribution >= 0.6 is 0 Å². The van der Waals surface area contributed by atoms with E-state index in [1.807, 2.05) is 6.92 Å². The SMILES string of the molecule is CCC1(O)CN(C(=O)c2ccc(S(C)(=O)=O)cc2)C1. The number of amides is 1. The Morgan fingerprint density at radius 3 is 2.26 bits per heavy atom. The Balaban J connectivity index is 2.10. The molecule has 1 amide bonds. The first-order valence-electron chi connectivity index (χ1n) is 6.07. The molecule has 1 fully saturated rings. The van der Waals surface area contributed by atoms with Crippen LogP contribution < -0.4 is 0 Å². The third-order valence-electron chi connectivity index (χ3n) is 3.45. The monoisotopic (exact) mass is 283 g/mol. The Morgan fingerprint density at radius 1 is 1.32 bits per heavy atom. The van der Waals surface area contributed by atoms with Crippen molar-refractivity contribution in [1.82, 2.24) is 4.90 Å². The summed E-state index contributed by atoms with van der Waals surface area (Å²) in [5.74, 6) is -0.182. The molecule has 1 saturated heterocycles. The smallest absolute Gasteiger partial charge is 0.254 e. The molecule has 0 atom stereocenters. The zero-order valence-corrected chi connectivity index (χ0v) is 11.8. The lowest BCUT2D eigenvalue weighted by Gasteiger charge is -2.46. The number of carbonyl (C=O) groups excluding carboxylic acids is 1. The molecule has 1 aromatic rings. The van der Waals surface area contributed by atoms with Crippen LogP contribution in [0.3, 0.4) is 0 Å². The van der Waals surface area contributed by atoms with Crippen molar-refractivity contribution in [2.75, 3.05) is 19.3 Å². The van der Waals surface area contributed by atoms with Gasteiger partial charge in [-0.25, -0.2) is 8.42 Å². The lowest BCUT2D eigenvalue weighted by atomic mass is 9.91. The maximum Gasteiger partial charge on any atom is 0.254 e. The van der Waals surface area contributed by atoms with Crippen molar-refractivity contribution < 1.29 is 18.3 Å². The van der Waals surface area contributed by atoms with Crippen LogP contribution in [0.2, 0.25) is 0 Å². The zero-order valence-electron chi connectivity index (χ0n) is 11.0. The van der Waals surface area contributed by atoms with Gasteiger partial charge in [-0.05, 0) is 30.7 Å². The van der Waals surface area contributed by atoms with E-state index in [0.29, 0.717) is 25.1 Å². The Labute approximate surface area is 112 Å². The Kier molecular flexibility index (Phi) is 3.40. The molecule has 0 bridgehead atoms. The van der Waals surface area contributed by atoms with Crippen molar-refractivity contribution in [2.24, 2.45) is 0 Å². The molecule has 19 heavy (non-hydrogen) atoms. The van der Waals surface area contributed by atoms with Gasteiger partial charge in [-0.2, -0.15) is 0 Å². The fourth-order valence-corrected chi connectivity index (χ4v) is 2.69. The largest absolute Gasteiger partial charge is 0.386 e. The molecule has 0 unspecified atom stereocenters. The number of hydrogen-bond acceptors (Lipinski definition) is 4. The number of rotatable bonds is 3. The van der Waals surface area contributed by atoms with E-state index < -0.39 is 15.4 Å². The average Bonchev–Trinajstić information content (AvgIpc) is 2.33. The van der Waals surface area contributed by atoms with Gasteiger partial charge in [0.2, 0.25) is 0 Å². The zero-order chi connectivity index (χ0) is 14.3. The number of aliphatic hydroxyl groups is 1. The lowest BCUT2D eigenvalue weighted by Crippen LogP contribution is -2.63. The van der Waals surface area contributed by atoms with E-state index in [0.717, 1.165) is 6.26 Å². The number of nitrogens with zero attached hydrogens (tertiary/aromatic N) is 1. The maximum atomic E-state index is 12.1. The number of likely N-dealkylation sites (tertiary alicyclic amines) is 1. The molecular formula is C13H17NO4S. The highest BCUT2D eigenvalue weighted by Crippen LogP contribution is 2.25. The summed E-state index contributed by atoms with van der Waals surface area (Å²) in [6.45, 7) is 2.54. The molecule has 6 heteroatoms. The van der Waals surface area contributed by atoms with Gasteiger partial charge in [-0.15, -0.1) is 0 Å². The van der Waals surface area contributed by atoms with Gasteiger partial charge in [0.25, 0.3) is 5.91 Å². The number of β-amino-alcohol motifs (C(OH)–C–C–N with tert-alkyl or cyclic N) is 1. The molecule has 0 spiro atoms. The first-order chi connectivity index (χ1) is 8.75. The van der Waals surface area contributed by atoms with E-state index in [4.69, 9.17) is 0 Å². The molecule has 0 aromatic heterocycles. The molecule has 1 aromatic carbocycles. The lowest BCUT2D eigenvalue weighted by molar-refractivity contribution is -0.0826. The first kappa shape index (κ1) is 14.0. The number of sulfone groups is 1. The van der Waals surface area contributed by atoms with Crippen molar-refractivity contribution >= 4 is 15.7 Å². The summed E-state index contributed by atoms with van der Waals surface area (Å²) in [6, 6.07) is 5.85. The minimum atomic E-state index is -3.24. The molecule has 5 nitrogen and oxygen atoms in total. The molecular weight excluding hydrogens is 266 g/mol. The summed E-state index contributed by atoms with van der Waals surface area (Å²) in [7, 11) is -3.24. The quantitative estimate of drug-likeness (QED) is 0.885. The van der Waals surface area contributed by atoms with E-state index in [1.54, 1.807) is 4.90 Å². The maximum absolute atomic E-state index is 12.1. The van der Waals surface area contributed by atoms with Crippen LogP contribution in [0.25, 0.3) is 0 Å². The molecule has 1 aliphatic heterocycles. The standard InChI is InChI=1S/C13H17NO4S/c1-3-13(16)8-14(9-13)12(15)10-4-6-11(7-5-10)19(2,17)18/h4-7,16H,3,8-9H2,1-2H3. The van der Waals surface area contributed by atoms with E-state index >= 15 is 0 Å². The molecule has 1 aliphatic rings. The average molecular weight is 283 g/mol. The van der Waals surface area contributed by atoms with Crippen molar-refractivity contribution in [3.05, 3.63) is 29.8 Å². The van der Waals surface area contributed by atoms with Gasteiger partial charge in [-0.3, -0.25) is 4.79 Å². The van der Waals surface area contributed by atoms with Crippen molar-refractivity contribution in [2.45, 2.75) is 23.8 Å². The van der Waals surface area contributed by atoms with Gasteiger partial charge in [0.1, 0.15) is 0 Å². The second-order valence-electron chi connectivity index (χ2n) is 5.04. The summed E-state index contributed by atoms with van der Waals surface area (Å²) in [4.78, 5) is 13.8. The van der Waals surface area contributed by atoms with Crippen LogP contribution in [0, 0.1) is 0 Å². The summed E-state index contributed by atoms with van der Waals surface area (Å²) < 4.78 is 22.6. The van der Waals surface area contributed by atoms with E-state index in [9.17, 15) is 18.3 Å². The summed E-state index contributed by atoms with van der Waals surface area (Å²) in [6.07, 6.45) is 1.74. The summed E-state index contributed by atoms with van der Waals surface area (Å²) in [5.41, 5.74) is -0.326. The fourth-order valence-electron chi connectivity index (χ4n) is 2.06. The highest BCUT2D eigenvalue weighted by Gasteiger charge is 2.42. The van der Waals surface area contributed by atoms with Crippen LogP contribution in [0.1, 0.15) is 23.7 Å². The van der Waals surface area contributed by atoms with Gasteiger partial charge in [-0.1, -0.05) is 6.92 Å². The predicted molar refractivity (Wildman–Crippen MR) is 70.7 cm³/mol. The van der Waals surface area contributed by atoms with E-state index in [1.165, 1.54) is 24.3 Å². The molecule has 0 saturated carbocycles. The molecule has 104 valence electrons. The molecule has 1 heterocycles. The fraction of sp³-hybridized carbons (Fsp3) is 0.462. The van der Waals surface area contributed by atoms with Crippen molar-refractivity contribution in [1.29, 1.82) is 0 Å². The van der Waals surface area contributed by atoms with Gasteiger partial charge in [0, 0.05) is 11.8 Å². The molecule has 2 rings (SSSR count). The van der Waals surface area contributed by atoms with Crippen LogP contribution in [-0.2, 0) is 9.84 Å². The van der Waals surface area contributed by atoms with E-state index in [-0.39, 0.29) is 10.8 Å². The second-order valence-corrected chi connectivity index (χ2v) is 7.05. The van der Waals surface area contributed by atoms with Crippen LogP contribution in [0.5, 0.6) is 0 Å². The first-order valence-corrected chi connectivity index (χ1v) is 7.96. The van der Waals surface area contributed by atoms with Crippen molar-refractivity contribution in [3.63, 3.8) is 0 Å². The Hall–Kier alpha value is -1.40. The molecule has 1 N–H and O–H groups in total. The molecule has 0 radical (unpaired) electrons. The highest BCUT2D eigenvalue weighted by atomic mass is 32.2. The van der Waals surface area contributed by atoms with Gasteiger partial charge >= 0.3 is 0 Å². The number of benzene rings is 1. The second kappa shape index (κ2) is 4.61. The minimum absolute atomic E-state index is 0.182.